The minimum absolute atomic E-state index is 0. The third-order valence-electron chi connectivity index (χ3n) is 1.51. The van der Waals surface area contributed by atoms with E-state index in [1.165, 1.54) is 0 Å². The molecule has 0 aromatic heterocycles. The van der Waals surface area contributed by atoms with Gasteiger partial charge in [-0.3, -0.25) is 9.79 Å². The second kappa shape index (κ2) is 4.95. The van der Waals surface area contributed by atoms with Crippen LogP contribution in [0.15, 0.2) is 16.8 Å². The molecule has 1 aliphatic heterocycles. The summed E-state index contributed by atoms with van der Waals surface area (Å²) >= 11 is 0. The minimum atomic E-state index is -0.600. The summed E-state index contributed by atoms with van der Waals surface area (Å²) in [7, 11) is 0. The van der Waals surface area contributed by atoms with Crippen LogP contribution in [0, 0.1) is 0 Å². The molecule has 1 atom stereocenters. The second-order valence-electron chi connectivity index (χ2n) is 2.46. The quantitative estimate of drug-likeness (QED) is 0.633. The molecule has 5 heteroatoms. The van der Waals surface area contributed by atoms with Crippen molar-refractivity contribution in [2.24, 2.45) is 16.5 Å². The maximum absolute atomic E-state index is 10.5. The Kier molecular flexibility index (Phi) is 4.61. The van der Waals surface area contributed by atoms with Crippen LogP contribution in [0.4, 0.5) is 0 Å². The summed E-state index contributed by atoms with van der Waals surface area (Å²) in [4.78, 5) is 14.5. The zero-order chi connectivity index (χ0) is 8.27. The van der Waals surface area contributed by atoms with Crippen molar-refractivity contribution in [1.29, 1.82) is 0 Å². The average Bonchev–Trinajstić information content (AvgIpc) is 2.39. The smallest absolute Gasteiger partial charge is 0.234 e. The predicted molar refractivity (Wildman–Crippen MR) is 53.4 cm³/mol. The maximum Gasteiger partial charge on any atom is 0.234 e. The van der Waals surface area contributed by atoms with Crippen LogP contribution in [0.2, 0.25) is 0 Å². The highest BCUT2D eigenvalue weighted by Crippen LogP contribution is 2.10. The zero-order valence-electron chi connectivity index (χ0n) is 6.66. The van der Waals surface area contributed by atoms with Gasteiger partial charge in [0.1, 0.15) is 0 Å². The predicted octanol–water partition coefficient (Wildman–Crippen LogP) is -0.340. The molecule has 0 saturated heterocycles. The standard InChI is InChI=1S/C7H11N3O.H2S/c8-6(7(9)11)4-5-2-1-3-10-5;/h2-3,6H,1,4,8H2,(H2,9,11);1H2/t6-;/m0./s1. The van der Waals surface area contributed by atoms with Crippen LogP contribution < -0.4 is 11.5 Å². The molecule has 12 heavy (non-hydrogen) atoms. The number of hydrogen-bond acceptors (Lipinski definition) is 3. The van der Waals surface area contributed by atoms with Crippen molar-refractivity contribution >= 4 is 25.6 Å². The summed E-state index contributed by atoms with van der Waals surface area (Å²) in [6, 6.07) is -0.600. The molecule has 4 nitrogen and oxygen atoms in total. The van der Waals surface area contributed by atoms with Crippen molar-refractivity contribution in [2.75, 3.05) is 0 Å². The van der Waals surface area contributed by atoms with E-state index in [4.69, 9.17) is 11.5 Å². The number of primary amides is 1. The molecule has 0 aromatic rings. The highest BCUT2D eigenvalue weighted by atomic mass is 32.1. The first-order valence-corrected chi connectivity index (χ1v) is 3.46. The van der Waals surface area contributed by atoms with Gasteiger partial charge in [-0.2, -0.15) is 13.5 Å². The molecular formula is C7H13N3OS. The van der Waals surface area contributed by atoms with Crippen molar-refractivity contribution in [3.05, 3.63) is 11.8 Å². The zero-order valence-corrected chi connectivity index (χ0v) is 7.66. The molecule has 0 saturated carbocycles. The van der Waals surface area contributed by atoms with E-state index in [9.17, 15) is 4.79 Å². The number of amides is 1. The first-order chi connectivity index (χ1) is 5.20. The van der Waals surface area contributed by atoms with E-state index in [1.807, 2.05) is 6.08 Å². The number of aliphatic imine (C=N–C) groups is 1. The SMILES string of the molecule is NC(=O)[C@@H](N)CC1=CCC=N1.S. The molecule has 0 radical (unpaired) electrons. The van der Waals surface area contributed by atoms with Crippen LogP contribution in [0.5, 0.6) is 0 Å². The van der Waals surface area contributed by atoms with Gasteiger partial charge in [0.05, 0.1) is 6.04 Å². The highest BCUT2D eigenvalue weighted by Gasteiger charge is 2.11. The topological polar surface area (TPSA) is 81.5 Å². The van der Waals surface area contributed by atoms with Gasteiger partial charge >= 0.3 is 0 Å². The normalized spacial score (nSPS) is 16.6. The fourth-order valence-corrected chi connectivity index (χ4v) is 0.873. The van der Waals surface area contributed by atoms with Gasteiger partial charge in [0.15, 0.2) is 0 Å². The molecule has 0 bridgehead atoms. The third kappa shape index (κ3) is 3.06. The lowest BCUT2D eigenvalue weighted by molar-refractivity contribution is -0.119. The van der Waals surface area contributed by atoms with E-state index in [-0.39, 0.29) is 13.5 Å². The molecule has 0 fully saturated rings. The van der Waals surface area contributed by atoms with E-state index >= 15 is 0 Å². The summed E-state index contributed by atoms with van der Waals surface area (Å²) in [5.41, 5.74) is 11.2. The molecule has 1 rings (SSSR count). The van der Waals surface area contributed by atoms with Crippen molar-refractivity contribution in [1.82, 2.24) is 0 Å². The Morgan fingerprint density at radius 2 is 2.42 bits per heavy atom. The Morgan fingerprint density at radius 3 is 2.83 bits per heavy atom. The van der Waals surface area contributed by atoms with Gasteiger partial charge in [-0.15, -0.1) is 0 Å². The van der Waals surface area contributed by atoms with Gasteiger partial charge in [-0.1, -0.05) is 6.08 Å². The van der Waals surface area contributed by atoms with Gasteiger partial charge in [-0.25, -0.2) is 0 Å². The van der Waals surface area contributed by atoms with Crippen LogP contribution in [0.1, 0.15) is 12.8 Å². The van der Waals surface area contributed by atoms with Crippen LogP contribution >= 0.6 is 13.5 Å². The average molecular weight is 187 g/mol. The van der Waals surface area contributed by atoms with Gasteiger partial charge in [0.25, 0.3) is 0 Å². The minimum Gasteiger partial charge on any atom is -0.368 e. The van der Waals surface area contributed by atoms with Crippen molar-refractivity contribution in [3.8, 4) is 0 Å². The number of hydrogen-bond donors (Lipinski definition) is 2. The largest absolute Gasteiger partial charge is 0.368 e. The Hall–Kier alpha value is -0.810. The van der Waals surface area contributed by atoms with E-state index in [0.717, 1.165) is 12.1 Å². The van der Waals surface area contributed by atoms with Crippen LogP contribution in [-0.4, -0.2) is 18.2 Å². The lowest BCUT2D eigenvalue weighted by Crippen LogP contribution is -2.36. The third-order valence-corrected chi connectivity index (χ3v) is 1.51. The second-order valence-corrected chi connectivity index (χ2v) is 2.46. The van der Waals surface area contributed by atoms with Crippen LogP contribution in [0.25, 0.3) is 0 Å². The van der Waals surface area contributed by atoms with Crippen molar-refractivity contribution in [3.63, 3.8) is 0 Å². The first-order valence-electron chi connectivity index (χ1n) is 3.46. The Labute approximate surface area is 78.2 Å². The van der Waals surface area contributed by atoms with Gasteiger partial charge in [-0.05, 0) is 0 Å². The van der Waals surface area contributed by atoms with Crippen molar-refractivity contribution < 1.29 is 4.79 Å². The summed E-state index contributed by atoms with van der Waals surface area (Å²) in [5, 5.41) is 0. The van der Waals surface area contributed by atoms with Crippen molar-refractivity contribution in [2.45, 2.75) is 18.9 Å². The molecule has 1 aliphatic rings. The lowest BCUT2D eigenvalue weighted by atomic mass is 10.1. The Balaban J connectivity index is 0.00000121. The molecular weight excluding hydrogens is 174 g/mol. The Morgan fingerprint density at radius 1 is 1.75 bits per heavy atom. The molecule has 0 aliphatic carbocycles. The summed E-state index contributed by atoms with van der Waals surface area (Å²) in [6.07, 6.45) is 5.00. The number of rotatable bonds is 3. The van der Waals surface area contributed by atoms with Gasteiger partial charge < -0.3 is 11.5 Å². The fourth-order valence-electron chi connectivity index (χ4n) is 0.873. The monoisotopic (exact) mass is 187 g/mol. The van der Waals surface area contributed by atoms with E-state index in [1.54, 1.807) is 6.21 Å². The first kappa shape index (κ1) is 11.2. The summed E-state index contributed by atoms with van der Waals surface area (Å²) in [6.45, 7) is 0. The van der Waals surface area contributed by atoms with Gasteiger partial charge in [0, 0.05) is 24.8 Å². The summed E-state index contributed by atoms with van der Waals surface area (Å²) in [5.74, 6) is -0.479. The maximum atomic E-state index is 10.5. The van der Waals surface area contributed by atoms with E-state index in [2.05, 4.69) is 4.99 Å². The van der Waals surface area contributed by atoms with E-state index in [0.29, 0.717) is 6.42 Å². The number of nitrogens with two attached hydrogens (primary N) is 2. The number of nitrogens with zero attached hydrogens (tertiary/aromatic N) is 1. The molecule has 68 valence electrons. The molecule has 1 heterocycles. The van der Waals surface area contributed by atoms with Crippen LogP contribution in [0.3, 0.4) is 0 Å². The highest BCUT2D eigenvalue weighted by molar-refractivity contribution is 7.59. The Bertz CT molecular complexity index is 225. The molecule has 0 aromatic carbocycles. The number of carbonyl (C=O) groups is 1. The molecule has 0 spiro atoms. The molecule has 1 amide bonds. The lowest BCUT2D eigenvalue weighted by Gasteiger charge is -2.04. The molecule has 4 N–H and O–H groups in total. The van der Waals surface area contributed by atoms with Gasteiger partial charge in [0.2, 0.25) is 5.91 Å². The number of carbonyl (C=O) groups excluding carboxylic acids is 1. The summed E-state index contributed by atoms with van der Waals surface area (Å²) < 4.78 is 0. The fraction of sp³-hybridized carbons (Fsp3) is 0.429. The van der Waals surface area contributed by atoms with Crippen LogP contribution in [-0.2, 0) is 4.79 Å². The van der Waals surface area contributed by atoms with E-state index < -0.39 is 11.9 Å². The number of allylic oxidation sites excluding steroid dienone is 1. The molecule has 0 unspecified atom stereocenters.